The van der Waals surface area contributed by atoms with Crippen LogP contribution in [0.1, 0.15) is 25.8 Å². The van der Waals surface area contributed by atoms with Gasteiger partial charge in [0, 0.05) is 7.05 Å². The van der Waals surface area contributed by atoms with Crippen LogP contribution in [0.15, 0.2) is 29.2 Å². The molecular formula is C13H21N3O2S. The number of nitrogens with zero attached hydrogens (tertiary/aromatic N) is 1. The molecule has 0 fully saturated rings. The molecule has 1 unspecified atom stereocenters. The van der Waals surface area contributed by atoms with E-state index in [1.165, 1.54) is 7.05 Å². The minimum atomic E-state index is -3.60. The van der Waals surface area contributed by atoms with E-state index in [0.29, 0.717) is 0 Å². The van der Waals surface area contributed by atoms with Crippen LogP contribution in [0.3, 0.4) is 0 Å². The van der Waals surface area contributed by atoms with E-state index >= 15 is 0 Å². The third-order valence-corrected chi connectivity index (χ3v) is 5.08. The standard InChI is InChI=1S/C13H21N3O2S/c1-4-5-11-6-8-12(9-7-11)19(17,18)16(3)10(2)13(14)15/h6-10H,4-5H2,1-3H3,(H3,14,15). The molecule has 1 aromatic rings. The number of hydrogen-bond acceptors (Lipinski definition) is 3. The number of nitrogens with two attached hydrogens (primary N) is 1. The molecule has 5 nitrogen and oxygen atoms in total. The lowest BCUT2D eigenvalue weighted by atomic mass is 10.1. The fraction of sp³-hybridized carbons (Fsp3) is 0.462. The van der Waals surface area contributed by atoms with Gasteiger partial charge in [0.2, 0.25) is 10.0 Å². The number of benzene rings is 1. The molecule has 0 saturated carbocycles. The second-order valence-electron chi connectivity index (χ2n) is 4.55. The van der Waals surface area contributed by atoms with Gasteiger partial charge >= 0.3 is 0 Å². The number of nitrogens with one attached hydrogen (secondary N) is 1. The van der Waals surface area contributed by atoms with Crippen molar-refractivity contribution in [1.82, 2.24) is 4.31 Å². The smallest absolute Gasteiger partial charge is 0.243 e. The SMILES string of the molecule is CCCc1ccc(S(=O)(=O)N(C)C(C)C(=N)N)cc1. The topological polar surface area (TPSA) is 87.2 Å². The third kappa shape index (κ3) is 3.54. The predicted octanol–water partition coefficient (Wildman–Crippen LogP) is 1.58. The first kappa shape index (κ1) is 15.7. The minimum absolute atomic E-state index is 0.173. The molecule has 0 aliphatic carbocycles. The van der Waals surface area contributed by atoms with Crippen molar-refractivity contribution < 1.29 is 8.42 Å². The van der Waals surface area contributed by atoms with Crippen LogP contribution in [-0.4, -0.2) is 31.6 Å². The van der Waals surface area contributed by atoms with Gasteiger partial charge in [0.15, 0.2) is 0 Å². The highest BCUT2D eigenvalue weighted by Crippen LogP contribution is 2.17. The summed E-state index contributed by atoms with van der Waals surface area (Å²) in [5, 5.41) is 7.33. The van der Waals surface area contributed by atoms with Crippen LogP contribution in [0.5, 0.6) is 0 Å². The quantitative estimate of drug-likeness (QED) is 0.614. The first-order chi connectivity index (χ1) is 8.80. The lowest BCUT2D eigenvalue weighted by Crippen LogP contribution is -2.43. The Balaban J connectivity index is 3.03. The lowest BCUT2D eigenvalue weighted by molar-refractivity contribution is 0.448. The zero-order valence-corrected chi connectivity index (χ0v) is 12.4. The fourth-order valence-electron chi connectivity index (χ4n) is 1.69. The normalized spacial score (nSPS) is 13.5. The fourth-order valence-corrected chi connectivity index (χ4v) is 3.03. The Morgan fingerprint density at radius 1 is 1.37 bits per heavy atom. The summed E-state index contributed by atoms with van der Waals surface area (Å²) in [4.78, 5) is 0.225. The molecule has 0 amide bonds. The second kappa shape index (κ2) is 6.16. The van der Waals surface area contributed by atoms with Crippen molar-refractivity contribution in [2.75, 3.05) is 7.05 Å². The largest absolute Gasteiger partial charge is 0.386 e. The van der Waals surface area contributed by atoms with E-state index in [4.69, 9.17) is 11.1 Å². The molecule has 106 valence electrons. The molecule has 19 heavy (non-hydrogen) atoms. The van der Waals surface area contributed by atoms with Crippen LogP contribution in [-0.2, 0) is 16.4 Å². The van der Waals surface area contributed by atoms with E-state index in [2.05, 4.69) is 6.92 Å². The van der Waals surface area contributed by atoms with Crippen LogP contribution in [0, 0.1) is 5.41 Å². The van der Waals surface area contributed by atoms with Gasteiger partial charge in [0.25, 0.3) is 0 Å². The van der Waals surface area contributed by atoms with Gasteiger partial charge < -0.3 is 5.73 Å². The van der Waals surface area contributed by atoms with E-state index in [9.17, 15) is 8.42 Å². The summed E-state index contributed by atoms with van der Waals surface area (Å²) >= 11 is 0. The first-order valence-electron chi connectivity index (χ1n) is 6.21. The Kier molecular flexibility index (Phi) is 5.08. The zero-order valence-electron chi connectivity index (χ0n) is 11.6. The van der Waals surface area contributed by atoms with Crippen molar-refractivity contribution in [3.8, 4) is 0 Å². The lowest BCUT2D eigenvalue weighted by Gasteiger charge is -2.23. The summed E-state index contributed by atoms with van der Waals surface area (Å²) in [6, 6.07) is 6.19. The summed E-state index contributed by atoms with van der Waals surface area (Å²) in [5.41, 5.74) is 6.47. The van der Waals surface area contributed by atoms with E-state index in [1.54, 1.807) is 19.1 Å². The van der Waals surface area contributed by atoms with Crippen molar-refractivity contribution in [3.63, 3.8) is 0 Å². The van der Waals surface area contributed by atoms with Crippen LogP contribution < -0.4 is 5.73 Å². The molecule has 1 atom stereocenters. The van der Waals surface area contributed by atoms with Crippen molar-refractivity contribution >= 4 is 15.9 Å². The highest BCUT2D eigenvalue weighted by molar-refractivity contribution is 7.89. The summed E-state index contributed by atoms with van der Waals surface area (Å²) in [6.45, 7) is 3.66. The van der Waals surface area contributed by atoms with Gasteiger partial charge in [0.05, 0.1) is 10.9 Å². The maximum Gasteiger partial charge on any atom is 0.243 e. The molecule has 6 heteroatoms. The summed E-state index contributed by atoms with van der Waals surface area (Å²) in [6.07, 6.45) is 1.95. The predicted molar refractivity (Wildman–Crippen MR) is 76.8 cm³/mol. The van der Waals surface area contributed by atoms with Crippen LogP contribution >= 0.6 is 0 Å². The van der Waals surface area contributed by atoms with Gasteiger partial charge in [-0.2, -0.15) is 4.31 Å². The van der Waals surface area contributed by atoms with Crippen LogP contribution in [0.25, 0.3) is 0 Å². The van der Waals surface area contributed by atoms with Crippen molar-refractivity contribution in [2.45, 2.75) is 37.6 Å². The molecule has 1 rings (SSSR count). The third-order valence-electron chi connectivity index (χ3n) is 3.13. The molecule has 0 aliphatic heterocycles. The van der Waals surface area contributed by atoms with Gasteiger partial charge in [-0.25, -0.2) is 8.42 Å². The molecule has 0 radical (unpaired) electrons. The molecule has 0 bridgehead atoms. The molecule has 1 aromatic carbocycles. The van der Waals surface area contributed by atoms with Gasteiger partial charge in [-0.05, 0) is 31.0 Å². The van der Waals surface area contributed by atoms with Crippen molar-refractivity contribution in [3.05, 3.63) is 29.8 Å². The Morgan fingerprint density at radius 3 is 2.32 bits per heavy atom. The van der Waals surface area contributed by atoms with Gasteiger partial charge in [-0.15, -0.1) is 0 Å². The average molecular weight is 283 g/mol. The molecule has 0 aromatic heterocycles. The number of amidine groups is 1. The maximum absolute atomic E-state index is 12.3. The second-order valence-corrected chi connectivity index (χ2v) is 6.54. The first-order valence-corrected chi connectivity index (χ1v) is 7.65. The zero-order chi connectivity index (χ0) is 14.6. The van der Waals surface area contributed by atoms with Crippen LogP contribution in [0.2, 0.25) is 0 Å². The molecule has 0 spiro atoms. The number of rotatable bonds is 6. The maximum atomic E-state index is 12.3. The van der Waals surface area contributed by atoms with Crippen molar-refractivity contribution in [2.24, 2.45) is 5.73 Å². The van der Waals surface area contributed by atoms with E-state index in [1.807, 2.05) is 12.1 Å². The van der Waals surface area contributed by atoms with Crippen molar-refractivity contribution in [1.29, 1.82) is 5.41 Å². The van der Waals surface area contributed by atoms with Gasteiger partial charge in [-0.3, -0.25) is 5.41 Å². The Hall–Kier alpha value is -1.40. The Bertz CT molecular complexity index is 538. The number of sulfonamides is 1. The summed E-state index contributed by atoms with van der Waals surface area (Å²) in [7, 11) is -2.17. The highest BCUT2D eigenvalue weighted by atomic mass is 32.2. The molecule has 0 saturated heterocycles. The van der Waals surface area contributed by atoms with E-state index in [-0.39, 0.29) is 10.7 Å². The molecular weight excluding hydrogens is 262 g/mol. The summed E-state index contributed by atoms with van der Waals surface area (Å²) < 4.78 is 25.8. The van der Waals surface area contributed by atoms with E-state index < -0.39 is 16.1 Å². The molecule has 0 heterocycles. The summed E-state index contributed by atoms with van der Waals surface area (Å²) in [5.74, 6) is -0.173. The van der Waals surface area contributed by atoms with Gasteiger partial charge in [-0.1, -0.05) is 25.5 Å². The number of likely N-dealkylation sites (N-methyl/N-ethyl adjacent to an activating group) is 1. The number of aryl methyl sites for hydroxylation is 1. The Morgan fingerprint density at radius 2 is 1.89 bits per heavy atom. The average Bonchev–Trinajstić information content (AvgIpc) is 2.37. The Labute approximate surface area is 115 Å². The van der Waals surface area contributed by atoms with Gasteiger partial charge in [0.1, 0.15) is 5.84 Å². The molecule has 0 aliphatic rings. The minimum Gasteiger partial charge on any atom is -0.386 e. The molecule has 3 N–H and O–H groups in total. The monoisotopic (exact) mass is 283 g/mol. The van der Waals surface area contributed by atoms with Crippen LogP contribution in [0.4, 0.5) is 0 Å². The van der Waals surface area contributed by atoms with E-state index in [0.717, 1.165) is 22.7 Å². The highest BCUT2D eigenvalue weighted by Gasteiger charge is 2.26. The number of hydrogen-bond donors (Lipinski definition) is 2.